The maximum Gasteiger partial charge on any atom is 0.0375 e. The van der Waals surface area contributed by atoms with Crippen molar-refractivity contribution in [2.45, 2.75) is 45.6 Å². The highest BCUT2D eigenvalue weighted by molar-refractivity contribution is 6.30. The van der Waals surface area contributed by atoms with Gasteiger partial charge in [0.1, 0.15) is 0 Å². The van der Waals surface area contributed by atoms with E-state index >= 15 is 0 Å². The Labute approximate surface area is 139 Å². The lowest BCUT2D eigenvalue weighted by atomic mass is 10.0. The van der Waals surface area contributed by atoms with Crippen LogP contribution in [0.2, 0.25) is 0 Å². The van der Waals surface area contributed by atoms with Gasteiger partial charge in [0.25, 0.3) is 0 Å². The molecule has 1 aromatic carbocycles. The van der Waals surface area contributed by atoms with Crippen molar-refractivity contribution in [2.24, 2.45) is 5.73 Å². The summed E-state index contributed by atoms with van der Waals surface area (Å²) in [6, 6.07) is 8.72. The largest absolute Gasteiger partial charge is 0.323 e. The van der Waals surface area contributed by atoms with E-state index in [1.807, 2.05) is 19.1 Å². The first-order valence-electron chi connectivity index (χ1n) is 7.83. The topological polar surface area (TPSA) is 26.0 Å². The zero-order valence-corrected chi connectivity index (χ0v) is 14.4. The Morgan fingerprint density at radius 3 is 2.36 bits per heavy atom. The highest BCUT2D eigenvalue weighted by Gasteiger charge is 2.00. The molecule has 1 rings (SSSR count). The minimum Gasteiger partial charge on any atom is -0.323 e. The number of nitrogens with two attached hydrogens (primary N) is 1. The lowest BCUT2D eigenvalue weighted by molar-refractivity contribution is 0.906. The van der Waals surface area contributed by atoms with Gasteiger partial charge in [0.2, 0.25) is 0 Å². The van der Waals surface area contributed by atoms with Gasteiger partial charge in [0, 0.05) is 11.1 Å². The number of rotatable bonds is 8. The van der Waals surface area contributed by atoms with Crippen LogP contribution in [0, 0.1) is 0 Å². The molecule has 0 aromatic heterocycles. The van der Waals surface area contributed by atoms with E-state index in [1.165, 1.54) is 17.5 Å². The van der Waals surface area contributed by atoms with Crippen molar-refractivity contribution in [3.05, 3.63) is 76.5 Å². The Bertz CT molecular complexity index is 558. The standard InChI is InChI=1S/C20H26ClN/c1-4-7-17-11-13-18(14-12-17)9-6-10-19(8-5-2)15-20(21)16(3)22/h8,10-16H,2,4,6-7,9,22H2,1,3H3/b19-10-,20-15+. The smallest absolute Gasteiger partial charge is 0.0375 e. The minimum atomic E-state index is -0.158. The molecule has 118 valence electrons. The molecule has 0 aliphatic rings. The van der Waals surface area contributed by atoms with Crippen molar-refractivity contribution < 1.29 is 0 Å². The molecule has 2 N–H and O–H groups in total. The summed E-state index contributed by atoms with van der Waals surface area (Å²) in [5.74, 6) is 0. The molecule has 1 aromatic rings. The van der Waals surface area contributed by atoms with Crippen LogP contribution in [-0.2, 0) is 12.8 Å². The zero-order chi connectivity index (χ0) is 16.4. The molecule has 0 amide bonds. The Hall–Kier alpha value is -1.53. The molecule has 0 spiro atoms. The van der Waals surface area contributed by atoms with E-state index < -0.39 is 0 Å². The zero-order valence-electron chi connectivity index (χ0n) is 13.6. The fourth-order valence-corrected chi connectivity index (χ4v) is 2.26. The number of hydrogen-bond acceptors (Lipinski definition) is 1. The number of benzene rings is 1. The van der Waals surface area contributed by atoms with Gasteiger partial charge in [0.15, 0.2) is 0 Å². The van der Waals surface area contributed by atoms with Gasteiger partial charge >= 0.3 is 0 Å². The van der Waals surface area contributed by atoms with Gasteiger partial charge in [-0.15, -0.1) is 5.73 Å². The molecule has 22 heavy (non-hydrogen) atoms. The molecular formula is C20H26ClN. The average molecular weight is 316 g/mol. The van der Waals surface area contributed by atoms with Crippen LogP contribution in [-0.4, -0.2) is 6.04 Å². The molecule has 1 atom stereocenters. The van der Waals surface area contributed by atoms with Crippen LogP contribution in [0.3, 0.4) is 0 Å². The Morgan fingerprint density at radius 2 is 1.86 bits per heavy atom. The Kier molecular flexibility index (Phi) is 8.62. The van der Waals surface area contributed by atoms with Gasteiger partial charge in [-0.05, 0) is 55.0 Å². The average Bonchev–Trinajstić information content (AvgIpc) is 2.49. The second-order valence-electron chi connectivity index (χ2n) is 5.48. The molecule has 0 heterocycles. The van der Waals surface area contributed by atoms with Crippen LogP contribution in [0.4, 0.5) is 0 Å². The summed E-state index contributed by atoms with van der Waals surface area (Å²) < 4.78 is 0. The van der Waals surface area contributed by atoms with Crippen molar-refractivity contribution in [3.8, 4) is 0 Å². The predicted octanol–water partition coefficient (Wildman–Crippen LogP) is 5.31. The lowest BCUT2D eigenvalue weighted by Gasteiger charge is -2.04. The minimum absolute atomic E-state index is 0.158. The molecule has 0 aliphatic carbocycles. The van der Waals surface area contributed by atoms with E-state index in [0.29, 0.717) is 5.03 Å². The lowest BCUT2D eigenvalue weighted by Crippen LogP contribution is -2.14. The predicted molar refractivity (Wildman–Crippen MR) is 98.1 cm³/mol. The van der Waals surface area contributed by atoms with E-state index in [9.17, 15) is 0 Å². The van der Waals surface area contributed by atoms with Crippen LogP contribution in [0.25, 0.3) is 0 Å². The first-order valence-corrected chi connectivity index (χ1v) is 8.21. The van der Waals surface area contributed by atoms with Crippen LogP contribution in [0.15, 0.2) is 65.4 Å². The summed E-state index contributed by atoms with van der Waals surface area (Å²) in [5.41, 5.74) is 12.3. The third-order valence-corrected chi connectivity index (χ3v) is 3.84. The fraction of sp³-hybridized carbons (Fsp3) is 0.350. The van der Waals surface area contributed by atoms with E-state index in [4.69, 9.17) is 17.3 Å². The molecule has 0 fully saturated rings. The highest BCUT2D eigenvalue weighted by Crippen LogP contribution is 2.14. The van der Waals surface area contributed by atoms with E-state index in [1.54, 1.807) is 0 Å². The fourth-order valence-electron chi connectivity index (χ4n) is 2.13. The third-order valence-electron chi connectivity index (χ3n) is 3.38. The molecular weight excluding hydrogens is 290 g/mol. The quantitative estimate of drug-likeness (QED) is 0.510. The maximum atomic E-state index is 6.12. The summed E-state index contributed by atoms with van der Waals surface area (Å²) in [6.45, 7) is 7.69. The van der Waals surface area contributed by atoms with Crippen molar-refractivity contribution in [2.75, 3.05) is 0 Å². The monoisotopic (exact) mass is 315 g/mol. The molecule has 1 nitrogen and oxygen atoms in total. The SMILES string of the molecule is C=C=CC(=C/CCc1ccc(CCC)cc1)/C=C(/Cl)C(C)N. The van der Waals surface area contributed by atoms with Crippen LogP contribution < -0.4 is 5.73 Å². The Balaban J connectivity index is 2.67. The van der Waals surface area contributed by atoms with Crippen molar-refractivity contribution in [3.63, 3.8) is 0 Å². The van der Waals surface area contributed by atoms with Crippen molar-refractivity contribution in [1.29, 1.82) is 0 Å². The van der Waals surface area contributed by atoms with Gasteiger partial charge < -0.3 is 5.73 Å². The Morgan fingerprint density at radius 1 is 1.27 bits per heavy atom. The molecule has 0 aliphatic heterocycles. The van der Waals surface area contributed by atoms with Crippen LogP contribution in [0.1, 0.15) is 37.8 Å². The molecule has 2 heteroatoms. The molecule has 0 saturated heterocycles. The number of aryl methyl sites for hydroxylation is 2. The molecule has 1 unspecified atom stereocenters. The third kappa shape index (κ3) is 6.95. The van der Waals surface area contributed by atoms with Gasteiger partial charge in [-0.1, -0.05) is 61.9 Å². The van der Waals surface area contributed by atoms with E-state index in [2.05, 4.69) is 49.6 Å². The molecule has 0 radical (unpaired) electrons. The second-order valence-corrected chi connectivity index (χ2v) is 5.91. The van der Waals surface area contributed by atoms with Gasteiger partial charge in [-0.25, -0.2) is 0 Å². The number of halogens is 1. The van der Waals surface area contributed by atoms with E-state index in [-0.39, 0.29) is 6.04 Å². The summed E-state index contributed by atoms with van der Waals surface area (Å²) in [6.07, 6.45) is 10.1. The summed E-state index contributed by atoms with van der Waals surface area (Å²) in [4.78, 5) is 0. The normalized spacial score (nSPS) is 13.6. The van der Waals surface area contributed by atoms with Gasteiger partial charge in [-0.3, -0.25) is 0 Å². The number of allylic oxidation sites excluding steroid dienone is 4. The van der Waals surface area contributed by atoms with Crippen LogP contribution in [0.5, 0.6) is 0 Å². The first-order chi connectivity index (χ1) is 10.6. The van der Waals surface area contributed by atoms with Gasteiger partial charge in [0.05, 0.1) is 0 Å². The highest BCUT2D eigenvalue weighted by atomic mass is 35.5. The summed E-state index contributed by atoms with van der Waals surface area (Å²) >= 11 is 6.12. The van der Waals surface area contributed by atoms with Crippen molar-refractivity contribution >= 4 is 11.6 Å². The maximum absolute atomic E-state index is 6.12. The molecule has 0 bridgehead atoms. The molecule has 0 saturated carbocycles. The van der Waals surface area contributed by atoms with Gasteiger partial charge in [-0.2, -0.15) is 0 Å². The van der Waals surface area contributed by atoms with Crippen LogP contribution >= 0.6 is 11.6 Å². The van der Waals surface area contributed by atoms with Crippen molar-refractivity contribution in [1.82, 2.24) is 0 Å². The first kappa shape index (κ1) is 18.5. The summed E-state index contributed by atoms with van der Waals surface area (Å²) in [7, 11) is 0. The van der Waals surface area contributed by atoms with E-state index in [0.717, 1.165) is 24.8 Å². The summed E-state index contributed by atoms with van der Waals surface area (Å²) in [5, 5.41) is 0.640. The second kappa shape index (κ2) is 10.2. The number of hydrogen-bond donors (Lipinski definition) is 1.